The van der Waals surface area contributed by atoms with Crippen LogP contribution in [0, 0.1) is 0 Å². The van der Waals surface area contributed by atoms with Gasteiger partial charge in [0.15, 0.2) is 0 Å². The molecule has 124 valence electrons. The summed E-state index contributed by atoms with van der Waals surface area (Å²) in [7, 11) is 0. The van der Waals surface area contributed by atoms with Crippen LogP contribution in [-0.4, -0.2) is 17.4 Å². The fourth-order valence-electron chi connectivity index (χ4n) is 3.15. The lowest BCUT2D eigenvalue weighted by molar-refractivity contribution is 0.102. The average Bonchev–Trinajstić information content (AvgIpc) is 2.68. The van der Waals surface area contributed by atoms with E-state index in [-0.39, 0.29) is 5.91 Å². The van der Waals surface area contributed by atoms with Gasteiger partial charge in [-0.3, -0.25) is 4.79 Å². The Bertz CT molecular complexity index is 892. The number of nitrogens with zero attached hydrogens (tertiary/aromatic N) is 2. The van der Waals surface area contributed by atoms with Crippen LogP contribution in [0.4, 0.5) is 11.5 Å². The van der Waals surface area contributed by atoms with Gasteiger partial charge >= 0.3 is 0 Å². The van der Waals surface area contributed by atoms with Gasteiger partial charge in [-0.25, -0.2) is 4.98 Å². The maximum Gasteiger partial charge on any atom is 0.255 e. The number of hydrogen-bond donors (Lipinski definition) is 1. The average molecular weight is 329 g/mol. The zero-order chi connectivity index (χ0) is 17.1. The topological polar surface area (TPSA) is 45.2 Å². The van der Waals surface area contributed by atoms with Crippen molar-refractivity contribution in [3.05, 3.63) is 89.6 Å². The third kappa shape index (κ3) is 3.38. The van der Waals surface area contributed by atoms with E-state index in [0.29, 0.717) is 5.56 Å². The van der Waals surface area contributed by atoms with Gasteiger partial charge < -0.3 is 10.2 Å². The van der Waals surface area contributed by atoms with Gasteiger partial charge in [-0.05, 0) is 35.7 Å². The van der Waals surface area contributed by atoms with Crippen molar-refractivity contribution in [1.29, 1.82) is 0 Å². The number of anilines is 2. The molecule has 0 aliphatic carbocycles. The Morgan fingerprint density at radius 3 is 2.56 bits per heavy atom. The molecule has 0 saturated heterocycles. The Balaban J connectivity index is 1.51. The number of benzene rings is 2. The van der Waals surface area contributed by atoms with E-state index in [2.05, 4.69) is 39.5 Å². The molecule has 0 unspecified atom stereocenters. The largest absolute Gasteiger partial charge is 0.352 e. The van der Waals surface area contributed by atoms with Crippen LogP contribution >= 0.6 is 0 Å². The molecule has 0 spiro atoms. The lowest BCUT2D eigenvalue weighted by Crippen LogP contribution is -2.31. The first kappa shape index (κ1) is 15.4. The van der Waals surface area contributed by atoms with Crippen LogP contribution in [-0.2, 0) is 13.0 Å². The van der Waals surface area contributed by atoms with Crippen molar-refractivity contribution in [3.63, 3.8) is 0 Å². The van der Waals surface area contributed by atoms with Crippen LogP contribution in [0.2, 0.25) is 0 Å². The van der Waals surface area contributed by atoms with E-state index in [9.17, 15) is 4.79 Å². The number of fused-ring (bicyclic) bond motifs is 1. The summed E-state index contributed by atoms with van der Waals surface area (Å²) >= 11 is 0. The van der Waals surface area contributed by atoms with Gasteiger partial charge in [0.1, 0.15) is 5.82 Å². The van der Waals surface area contributed by atoms with E-state index in [4.69, 9.17) is 0 Å². The van der Waals surface area contributed by atoms with E-state index < -0.39 is 0 Å². The van der Waals surface area contributed by atoms with Crippen molar-refractivity contribution in [1.82, 2.24) is 4.98 Å². The maximum absolute atomic E-state index is 12.3. The summed E-state index contributed by atoms with van der Waals surface area (Å²) < 4.78 is 0. The van der Waals surface area contributed by atoms with E-state index >= 15 is 0 Å². The molecule has 25 heavy (non-hydrogen) atoms. The first-order chi connectivity index (χ1) is 12.3. The highest BCUT2D eigenvalue weighted by atomic mass is 16.1. The van der Waals surface area contributed by atoms with Crippen molar-refractivity contribution in [2.24, 2.45) is 0 Å². The quantitative estimate of drug-likeness (QED) is 0.793. The Hall–Kier alpha value is -3.14. The fourth-order valence-corrected chi connectivity index (χ4v) is 3.15. The van der Waals surface area contributed by atoms with Crippen LogP contribution < -0.4 is 10.2 Å². The monoisotopic (exact) mass is 329 g/mol. The highest BCUT2D eigenvalue weighted by Crippen LogP contribution is 2.24. The first-order valence-corrected chi connectivity index (χ1v) is 8.44. The fraction of sp³-hybridized carbons (Fsp3) is 0.143. The molecule has 2 aromatic carbocycles. The van der Waals surface area contributed by atoms with Crippen LogP contribution in [0.25, 0.3) is 0 Å². The number of pyridine rings is 1. The predicted octanol–water partition coefficient (Wildman–Crippen LogP) is 3.90. The van der Waals surface area contributed by atoms with E-state index in [1.54, 1.807) is 18.3 Å². The van der Waals surface area contributed by atoms with Crippen molar-refractivity contribution < 1.29 is 4.79 Å². The molecule has 1 aliphatic heterocycles. The summed E-state index contributed by atoms with van der Waals surface area (Å²) in [5.41, 5.74) is 4.16. The number of rotatable bonds is 3. The molecule has 0 bridgehead atoms. The summed E-state index contributed by atoms with van der Waals surface area (Å²) in [5, 5.41) is 2.95. The zero-order valence-electron chi connectivity index (χ0n) is 13.9. The third-order valence-electron chi connectivity index (χ3n) is 4.49. The minimum atomic E-state index is -0.110. The summed E-state index contributed by atoms with van der Waals surface area (Å²) in [5.74, 6) is 0.780. The number of aromatic nitrogens is 1. The lowest BCUT2D eigenvalue weighted by atomic mass is 10.00. The van der Waals surface area contributed by atoms with Crippen LogP contribution in [0.3, 0.4) is 0 Å². The highest BCUT2D eigenvalue weighted by Gasteiger charge is 2.17. The van der Waals surface area contributed by atoms with Gasteiger partial charge in [0.2, 0.25) is 0 Å². The van der Waals surface area contributed by atoms with Gasteiger partial charge in [0, 0.05) is 36.6 Å². The molecular weight excluding hydrogens is 310 g/mol. The third-order valence-corrected chi connectivity index (χ3v) is 4.49. The SMILES string of the molecule is O=C(Nc1ccnc(N2CCc3ccccc3C2)c1)c1ccccc1. The molecule has 0 fully saturated rings. The number of carbonyl (C=O) groups excluding carboxylic acids is 1. The molecule has 2 heterocycles. The number of nitrogens with one attached hydrogen (secondary N) is 1. The van der Waals surface area contributed by atoms with Gasteiger partial charge in [-0.1, -0.05) is 42.5 Å². The molecule has 1 aromatic heterocycles. The second kappa shape index (κ2) is 6.77. The lowest BCUT2D eigenvalue weighted by Gasteiger charge is -2.30. The Labute approximate surface area is 147 Å². The normalized spacial score (nSPS) is 13.2. The molecule has 3 aromatic rings. The van der Waals surface area contributed by atoms with Crippen molar-refractivity contribution in [3.8, 4) is 0 Å². The molecular formula is C21H19N3O. The van der Waals surface area contributed by atoms with E-state index in [1.165, 1.54) is 11.1 Å². The molecule has 1 amide bonds. The van der Waals surface area contributed by atoms with Gasteiger partial charge in [0.25, 0.3) is 5.91 Å². The minimum absolute atomic E-state index is 0.110. The molecule has 4 nitrogen and oxygen atoms in total. The number of amides is 1. The van der Waals surface area contributed by atoms with Crippen molar-refractivity contribution in [2.45, 2.75) is 13.0 Å². The molecule has 0 radical (unpaired) electrons. The molecule has 4 heteroatoms. The summed E-state index contributed by atoms with van der Waals surface area (Å²) in [6.45, 7) is 1.78. The van der Waals surface area contributed by atoms with Crippen molar-refractivity contribution in [2.75, 3.05) is 16.8 Å². The minimum Gasteiger partial charge on any atom is -0.352 e. The van der Waals surface area contributed by atoms with Gasteiger partial charge in [0.05, 0.1) is 0 Å². The summed E-state index contributed by atoms with van der Waals surface area (Å²) in [4.78, 5) is 19.1. The molecule has 0 atom stereocenters. The number of hydrogen-bond acceptors (Lipinski definition) is 3. The van der Waals surface area contributed by atoms with Crippen LogP contribution in [0.5, 0.6) is 0 Å². The summed E-state index contributed by atoms with van der Waals surface area (Å²) in [6, 6.07) is 21.5. The molecule has 4 rings (SSSR count). The predicted molar refractivity (Wildman–Crippen MR) is 99.8 cm³/mol. The second-order valence-corrected chi connectivity index (χ2v) is 6.16. The van der Waals surface area contributed by atoms with Crippen LogP contribution in [0.15, 0.2) is 72.9 Å². The van der Waals surface area contributed by atoms with E-state index in [0.717, 1.165) is 31.0 Å². The Morgan fingerprint density at radius 2 is 1.72 bits per heavy atom. The highest BCUT2D eigenvalue weighted by molar-refractivity contribution is 6.04. The van der Waals surface area contributed by atoms with E-state index in [1.807, 2.05) is 30.3 Å². The Kier molecular flexibility index (Phi) is 4.17. The molecule has 0 saturated carbocycles. The number of carbonyl (C=O) groups is 1. The summed E-state index contributed by atoms with van der Waals surface area (Å²) in [6.07, 6.45) is 2.76. The van der Waals surface area contributed by atoms with Gasteiger partial charge in [-0.15, -0.1) is 0 Å². The zero-order valence-corrected chi connectivity index (χ0v) is 13.9. The molecule has 1 N–H and O–H groups in total. The second-order valence-electron chi connectivity index (χ2n) is 6.16. The van der Waals surface area contributed by atoms with Crippen LogP contribution in [0.1, 0.15) is 21.5 Å². The smallest absolute Gasteiger partial charge is 0.255 e. The van der Waals surface area contributed by atoms with Gasteiger partial charge in [-0.2, -0.15) is 0 Å². The Morgan fingerprint density at radius 1 is 0.960 bits per heavy atom. The molecule has 1 aliphatic rings. The van der Waals surface area contributed by atoms with Crippen molar-refractivity contribution >= 4 is 17.4 Å². The first-order valence-electron chi connectivity index (χ1n) is 8.44. The maximum atomic E-state index is 12.3. The standard InChI is InChI=1S/C21H19N3O/c25-21(17-7-2-1-3-8-17)23-19-10-12-22-20(14-19)24-13-11-16-6-4-5-9-18(16)15-24/h1-10,12,14H,11,13,15H2,(H,22,23,25).